The quantitative estimate of drug-likeness (QED) is 0.660. The minimum absolute atomic E-state index is 0.337. The van der Waals surface area contributed by atoms with Gasteiger partial charge in [-0.1, -0.05) is 51.7 Å². The van der Waals surface area contributed by atoms with Crippen molar-refractivity contribution in [3.8, 4) is 0 Å². The fourth-order valence-electron chi connectivity index (χ4n) is 0.815. The maximum atomic E-state index is 9.39. The van der Waals surface area contributed by atoms with Crippen LogP contribution in [0, 0.1) is 0 Å². The van der Waals surface area contributed by atoms with Crippen molar-refractivity contribution in [1.82, 2.24) is 0 Å². The number of aliphatic hydroxyl groups excluding tert-OH is 1. The smallest absolute Gasteiger partial charge is 0.0784 e. The molecule has 0 spiro atoms. The summed E-state index contributed by atoms with van der Waals surface area (Å²) in [6.45, 7) is 11.4. The number of rotatable bonds is 4. The summed E-state index contributed by atoms with van der Waals surface area (Å²) in [5.74, 6) is 0. The second-order valence-electron chi connectivity index (χ2n) is 2.31. The van der Waals surface area contributed by atoms with Crippen LogP contribution in [0.5, 0.6) is 0 Å². The molecule has 0 aromatic carbocycles. The maximum Gasteiger partial charge on any atom is 0.0784 e. The summed E-state index contributed by atoms with van der Waals surface area (Å²) >= 11 is 0. The molecule has 1 nitrogen and oxygen atoms in total. The van der Waals surface area contributed by atoms with Crippen LogP contribution in [0.2, 0.25) is 0 Å². The van der Waals surface area contributed by atoms with Crippen LogP contribution in [0.1, 0.15) is 34.1 Å². The summed E-state index contributed by atoms with van der Waals surface area (Å²) in [4.78, 5) is 0. The highest BCUT2D eigenvalue weighted by molar-refractivity contribution is 5.24. The van der Waals surface area contributed by atoms with Crippen molar-refractivity contribution in [3.63, 3.8) is 0 Å². The molecular formula is C12H22O. The second-order valence-corrected chi connectivity index (χ2v) is 2.31. The Kier molecular flexibility index (Phi) is 12.6. The lowest BCUT2D eigenvalue weighted by Gasteiger charge is -2.07. The first-order valence-electron chi connectivity index (χ1n) is 4.89. The van der Waals surface area contributed by atoms with Crippen molar-refractivity contribution < 1.29 is 5.11 Å². The van der Waals surface area contributed by atoms with Gasteiger partial charge in [-0.25, -0.2) is 0 Å². The molecule has 0 radical (unpaired) electrons. The topological polar surface area (TPSA) is 20.2 Å². The van der Waals surface area contributed by atoms with E-state index in [1.54, 1.807) is 6.08 Å². The van der Waals surface area contributed by atoms with Gasteiger partial charge < -0.3 is 5.11 Å². The Labute approximate surface area is 82.5 Å². The minimum Gasteiger partial charge on any atom is -0.388 e. The zero-order chi connectivity index (χ0) is 10.7. The van der Waals surface area contributed by atoms with Crippen LogP contribution < -0.4 is 0 Å². The largest absolute Gasteiger partial charge is 0.388 e. The summed E-state index contributed by atoms with van der Waals surface area (Å²) < 4.78 is 0. The lowest BCUT2D eigenvalue weighted by molar-refractivity contribution is 0.210. The predicted octanol–water partition coefficient (Wildman–Crippen LogP) is 3.47. The third-order valence-electron chi connectivity index (χ3n) is 1.53. The molecule has 1 N–H and O–H groups in total. The summed E-state index contributed by atoms with van der Waals surface area (Å²) in [5, 5.41) is 9.39. The van der Waals surface area contributed by atoms with Gasteiger partial charge >= 0.3 is 0 Å². The van der Waals surface area contributed by atoms with Crippen LogP contribution in [-0.4, -0.2) is 11.2 Å². The van der Waals surface area contributed by atoms with E-state index in [-0.39, 0.29) is 6.10 Å². The van der Waals surface area contributed by atoms with Crippen LogP contribution in [0.3, 0.4) is 0 Å². The summed E-state index contributed by atoms with van der Waals surface area (Å²) in [7, 11) is 0. The van der Waals surface area contributed by atoms with E-state index in [9.17, 15) is 5.11 Å². The van der Waals surface area contributed by atoms with E-state index in [0.717, 1.165) is 12.0 Å². The third-order valence-corrected chi connectivity index (χ3v) is 1.53. The van der Waals surface area contributed by atoms with E-state index in [0.29, 0.717) is 0 Å². The molecule has 0 aliphatic heterocycles. The molecule has 1 heteroatoms. The van der Waals surface area contributed by atoms with Crippen molar-refractivity contribution in [2.24, 2.45) is 0 Å². The molecule has 13 heavy (non-hydrogen) atoms. The van der Waals surface area contributed by atoms with E-state index in [1.165, 1.54) is 0 Å². The zero-order valence-electron chi connectivity index (χ0n) is 9.25. The fraction of sp³-hybridized carbons (Fsp3) is 0.500. The first-order valence-corrected chi connectivity index (χ1v) is 4.89. The van der Waals surface area contributed by atoms with Gasteiger partial charge in [0.2, 0.25) is 0 Å². The molecule has 0 aromatic heterocycles. The SMILES string of the molecule is C=C/C=C\C(=C/C)[C@@H](O)CC.CC. The zero-order valence-corrected chi connectivity index (χ0v) is 9.25. The number of hydrogen-bond acceptors (Lipinski definition) is 1. The van der Waals surface area contributed by atoms with E-state index in [1.807, 2.05) is 45.9 Å². The second kappa shape index (κ2) is 11.2. The fourth-order valence-corrected chi connectivity index (χ4v) is 0.815. The number of hydrogen-bond donors (Lipinski definition) is 1. The first kappa shape index (κ1) is 14.7. The monoisotopic (exact) mass is 182 g/mol. The van der Waals surface area contributed by atoms with E-state index in [4.69, 9.17) is 0 Å². The van der Waals surface area contributed by atoms with Gasteiger partial charge in [0.15, 0.2) is 0 Å². The Morgan fingerprint density at radius 3 is 2.31 bits per heavy atom. The van der Waals surface area contributed by atoms with Crippen LogP contribution in [0.15, 0.2) is 36.5 Å². The predicted molar refractivity (Wildman–Crippen MR) is 60.7 cm³/mol. The molecule has 0 bridgehead atoms. The molecular weight excluding hydrogens is 160 g/mol. The van der Waals surface area contributed by atoms with E-state index in [2.05, 4.69) is 6.58 Å². The van der Waals surface area contributed by atoms with Crippen LogP contribution >= 0.6 is 0 Å². The minimum atomic E-state index is -0.337. The first-order chi connectivity index (χ1) is 6.26. The van der Waals surface area contributed by atoms with Gasteiger partial charge in [0, 0.05) is 0 Å². The number of aliphatic hydroxyl groups is 1. The van der Waals surface area contributed by atoms with Crippen molar-refractivity contribution in [2.75, 3.05) is 0 Å². The standard InChI is InChI=1S/C10H16O.C2H6/c1-4-7-8-9(5-2)10(11)6-3;1-2/h4-5,7-8,10-11H,1,6H2,2-3H3;1-2H3/b8-7-,9-5+;/t10-;/m0./s1. The van der Waals surface area contributed by atoms with Gasteiger partial charge in [-0.2, -0.15) is 0 Å². The van der Waals surface area contributed by atoms with Crippen molar-refractivity contribution >= 4 is 0 Å². The molecule has 0 aliphatic rings. The highest BCUT2D eigenvalue weighted by Crippen LogP contribution is 2.07. The van der Waals surface area contributed by atoms with E-state index >= 15 is 0 Å². The Balaban J connectivity index is 0. The highest BCUT2D eigenvalue weighted by Gasteiger charge is 2.01. The van der Waals surface area contributed by atoms with Crippen LogP contribution in [0.4, 0.5) is 0 Å². The molecule has 1 atom stereocenters. The molecule has 0 amide bonds. The molecule has 0 aromatic rings. The third kappa shape index (κ3) is 7.54. The molecule has 0 fully saturated rings. The van der Waals surface area contributed by atoms with Gasteiger partial charge in [-0.05, 0) is 18.9 Å². The Hall–Kier alpha value is -0.820. The van der Waals surface area contributed by atoms with Gasteiger partial charge in [-0.3, -0.25) is 0 Å². The summed E-state index contributed by atoms with van der Waals surface area (Å²) in [6.07, 6.45) is 7.73. The molecule has 76 valence electrons. The molecule has 0 heterocycles. The lowest BCUT2D eigenvalue weighted by atomic mass is 10.1. The Morgan fingerprint density at radius 2 is 2.00 bits per heavy atom. The normalized spacial score (nSPS) is 13.5. The molecule has 0 unspecified atom stereocenters. The van der Waals surface area contributed by atoms with Crippen LogP contribution in [-0.2, 0) is 0 Å². The Bertz CT molecular complexity index is 166. The van der Waals surface area contributed by atoms with Gasteiger partial charge in [0.05, 0.1) is 6.10 Å². The van der Waals surface area contributed by atoms with Crippen molar-refractivity contribution in [1.29, 1.82) is 0 Å². The molecule has 0 aliphatic carbocycles. The highest BCUT2D eigenvalue weighted by atomic mass is 16.3. The lowest BCUT2D eigenvalue weighted by Crippen LogP contribution is -2.05. The summed E-state index contributed by atoms with van der Waals surface area (Å²) in [6, 6.07) is 0. The van der Waals surface area contributed by atoms with E-state index < -0.39 is 0 Å². The van der Waals surface area contributed by atoms with Gasteiger partial charge in [-0.15, -0.1) is 0 Å². The molecule has 0 saturated carbocycles. The average Bonchev–Trinajstić information content (AvgIpc) is 2.21. The number of allylic oxidation sites excluding steroid dienone is 3. The Morgan fingerprint density at radius 1 is 1.46 bits per heavy atom. The molecule has 0 rings (SSSR count). The average molecular weight is 182 g/mol. The van der Waals surface area contributed by atoms with Crippen molar-refractivity contribution in [3.05, 3.63) is 36.5 Å². The van der Waals surface area contributed by atoms with Gasteiger partial charge in [0.1, 0.15) is 0 Å². The van der Waals surface area contributed by atoms with Crippen molar-refractivity contribution in [2.45, 2.75) is 40.2 Å². The van der Waals surface area contributed by atoms with Crippen LogP contribution in [0.25, 0.3) is 0 Å². The molecule has 0 saturated heterocycles. The van der Waals surface area contributed by atoms with Gasteiger partial charge in [0.25, 0.3) is 0 Å². The summed E-state index contributed by atoms with van der Waals surface area (Å²) in [5.41, 5.74) is 0.951. The maximum absolute atomic E-state index is 9.39.